The Morgan fingerprint density at radius 1 is 1.20 bits per heavy atom. The topological polar surface area (TPSA) is 59.1 Å². The first kappa shape index (κ1) is 14.2. The van der Waals surface area contributed by atoms with Gasteiger partial charge < -0.3 is 15.4 Å². The van der Waals surface area contributed by atoms with Crippen molar-refractivity contribution in [1.82, 2.24) is 9.97 Å². The average Bonchev–Trinajstić information content (AvgIpc) is 2.45. The molecule has 0 atom stereocenters. The number of nitrogens with one attached hydrogen (secondary N) is 2. The Hall–Kier alpha value is -2.21. The zero-order valence-corrected chi connectivity index (χ0v) is 11.5. The van der Waals surface area contributed by atoms with Crippen LogP contribution in [0.2, 0.25) is 0 Å². The van der Waals surface area contributed by atoms with Gasteiger partial charge in [-0.25, -0.2) is 14.4 Å². The molecule has 5 nitrogen and oxygen atoms in total. The Morgan fingerprint density at radius 2 is 2.00 bits per heavy atom. The van der Waals surface area contributed by atoms with Crippen LogP contribution >= 0.6 is 0 Å². The second kappa shape index (κ2) is 6.81. The summed E-state index contributed by atoms with van der Waals surface area (Å²) in [6.45, 7) is 2.84. The Balaban J connectivity index is 2.21. The molecule has 0 aliphatic carbocycles. The van der Waals surface area contributed by atoms with Crippen LogP contribution in [0.3, 0.4) is 0 Å². The fourth-order valence-corrected chi connectivity index (χ4v) is 1.66. The molecule has 2 aromatic rings. The third-order valence-electron chi connectivity index (χ3n) is 2.56. The highest BCUT2D eigenvalue weighted by atomic mass is 19.1. The molecule has 0 radical (unpaired) electrons. The van der Waals surface area contributed by atoms with Crippen LogP contribution in [0, 0.1) is 5.82 Å². The van der Waals surface area contributed by atoms with Crippen LogP contribution in [-0.2, 0) is 11.3 Å². The number of anilines is 3. The van der Waals surface area contributed by atoms with Crippen LogP contribution in [-0.4, -0.2) is 23.6 Å². The third-order valence-corrected chi connectivity index (χ3v) is 2.56. The smallest absolute Gasteiger partial charge is 0.158 e. The third kappa shape index (κ3) is 3.89. The van der Waals surface area contributed by atoms with Crippen molar-refractivity contribution in [3.63, 3.8) is 0 Å². The van der Waals surface area contributed by atoms with Gasteiger partial charge in [0.05, 0.1) is 0 Å². The van der Waals surface area contributed by atoms with Crippen molar-refractivity contribution in [3.05, 3.63) is 42.0 Å². The molecular formula is C14H17FN4O. The standard InChI is InChI=1S/C14H17FN4O/c1-3-20-9-14-18-12(16-2)8-13(19-14)17-11-6-4-5-10(15)7-11/h4-8H,3,9H2,1-2H3,(H2,16,17,18,19). The molecule has 106 valence electrons. The Kier molecular flexibility index (Phi) is 4.84. The quantitative estimate of drug-likeness (QED) is 0.849. The van der Waals surface area contributed by atoms with Crippen LogP contribution in [0.15, 0.2) is 30.3 Å². The molecule has 2 rings (SSSR count). The van der Waals surface area contributed by atoms with E-state index in [1.54, 1.807) is 25.2 Å². The largest absolute Gasteiger partial charge is 0.374 e. The maximum absolute atomic E-state index is 13.2. The van der Waals surface area contributed by atoms with Crippen molar-refractivity contribution in [2.45, 2.75) is 13.5 Å². The molecule has 0 bridgehead atoms. The zero-order chi connectivity index (χ0) is 14.4. The zero-order valence-electron chi connectivity index (χ0n) is 11.5. The average molecular weight is 276 g/mol. The SMILES string of the molecule is CCOCc1nc(NC)cc(Nc2cccc(F)c2)n1. The van der Waals surface area contributed by atoms with Gasteiger partial charge in [0.15, 0.2) is 5.82 Å². The predicted octanol–water partition coefficient (Wildman–Crippen LogP) is 2.94. The molecule has 0 saturated carbocycles. The summed E-state index contributed by atoms with van der Waals surface area (Å²) in [5.74, 6) is 1.53. The second-order valence-corrected chi connectivity index (χ2v) is 4.08. The molecule has 20 heavy (non-hydrogen) atoms. The molecule has 0 aliphatic heterocycles. The van der Waals surface area contributed by atoms with Gasteiger partial charge in [-0.15, -0.1) is 0 Å². The van der Waals surface area contributed by atoms with Crippen molar-refractivity contribution in [2.75, 3.05) is 24.3 Å². The van der Waals surface area contributed by atoms with Crippen LogP contribution in [0.25, 0.3) is 0 Å². The number of rotatable bonds is 6. The minimum atomic E-state index is -0.299. The van der Waals surface area contributed by atoms with Gasteiger partial charge >= 0.3 is 0 Å². The second-order valence-electron chi connectivity index (χ2n) is 4.08. The van der Waals surface area contributed by atoms with Crippen LogP contribution in [0.1, 0.15) is 12.7 Å². The lowest BCUT2D eigenvalue weighted by molar-refractivity contribution is 0.128. The molecule has 1 heterocycles. The number of ether oxygens (including phenoxy) is 1. The summed E-state index contributed by atoms with van der Waals surface area (Å²) in [5.41, 5.74) is 0.633. The molecule has 0 amide bonds. The molecule has 0 unspecified atom stereocenters. The van der Waals surface area contributed by atoms with E-state index in [0.717, 1.165) is 0 Å². The summed E-state index contributed by atoms with van der Waals surface area (Å²) in [7, 11) is 1.78. The minimum absolute atomic E-state index is 0.299. The van der Waals surface area contributed by atoms with Crippen molar-refractivity contribution in [1.29, 1.82) is 0 Å². The van der Waals surface area contributed by atoms with Gasteiger partial charge in [0.25, 0.3) is 0 Å². The van der Waals surface area contributed by atoms with E-state index in [2.05, 4.69) is 20.6 Å². The first-order valence-electron chi connectivity index (χ1n) is 6.37. The van der Waals surface area contributed by atoms with Crippen LogP contribution in [0.5, 0.6) is 0 Å². The van der Waals surface area contributed by atoms with Gasteiger partial charge in [-0.2, -0.15) is 0 Å². The van der Waals surface area contributed by atoms with Gasteiger partial charge in [0.2, 0.25) is 0 Å². The Labute approximate surface area is 117 Å². The van der Waals surface area contributed by atoms with E-state index >= 15 is 0 Å². The minimum Gasteiger partial charge on any atom is -0.374 e. The number of benzene rings is 1. The summed E-state index contributed by atoms with van der Waals surface area (Å²) in [5, 5.41) is 6.01. The molecule has 0 fully saturated rings. The van der Waals surface area contributed by atoms with Gasteiger partial charge in [0.1, 0.15) is 24.1 Å². The molecule has 0 aliphatic rings. The highest BCUT2D eigenvalue weighted by Crippen LogP contribution is 2.18. The molecule has 1 aromatic heterocycles. The first-order valence-corrected chi connectivity index (χ1v) is 6.37. The lowest BCUT2D eigenvalue weighted by atomic mass is 10.3. The summed E-state index contributed by atoms with van der Waals surface area (Å²) >= 11 is 0. The Morgan fingerprint density at radius 3 is 2.70 bits per heavy atom. The normalized spacial score (nSPS) is 10.3. The fourth-order valence-electron chi connectivity index (χ4n) is 1.66. The molecule has 0 spiro atoms. The van der Waals surface area contributed by atoms with E-state index < -0.39 is 0 Å². The maximum Gasteiger partial charge on any atom is 0.158 e. The van der Waals surface area contributed by atoms with Crippen LogP contribution < -0.4 is 10.6 Å². The molecule has 6 heteroatoms. The molecule has 1 aromatic carbocycles. The maximum atomic E-state index is 13.2. The van der Waals surface area contributed by atoms with Gasteiger partial charge in [0, 0.05) is 25.4 Å². The number of nitrogens with zero attached hydrogens (tertiary/aromatic N) is 2. The van der Waals surface area contributed by atoms with E-state index in [1.165, 1.54) is 12.1 Å². The molecular weight excluding hydrogens is 259 g/mol. The first-order chi connectivity index (χ1) is 9.71. The summed E-state index contributed by atoms with van der Waals surface area (Å²) in [4.78, 5) is 8.62. The van der Waals surface area contributed by atoms with E-state index in [9.17, 15) is 4.39 Å². The van der Waals surface area contributed by atoms with E-state index in [0.29, 0.717) is 36.4 Å². The number of aromatic nitrogens is 2. The van der Waals surface area contributed by atoms with Gasteiger partial charge in [-0.3, -0.25) is 0 Å². The summed E-state index contributed by atoms with van der Waals surface area (Å²) < 4.78 is 18.5. The van der Waals surface area contributed by atoms with Crippen LogP contribution in [0.4, 0.5) is 21.7 Å². The van der Waals surface area contributed by atoms with Gasteiger partial charge in [-0.1, -0.05) is 6.07 Å². The summed E-state index contributed by atoms with van der Waals surface area (Å²) in [6.07, 6.45) is 0. The van der Waals surface area contributed by atoms with E-state index in [-0.39, 0.29) is 5.82 Å². The molecule has 0 saturated heterocycles. The van der Waals surface area contributed by atoms with Gasteiger partial charge in [-0.05, 0) is 25.1 Å². The molecule has 2 N–H and O–H groups in total. The Bertz CT molecular complexity index is 577. The van der Waals surface area contributed by atoms with Crippen molar-refractivity contribution >= 4 is 17.3 Å². The lowest BCUT2D eigenvalue weighted by Gasteiger charge is -2.10. The van der Waals surface area contributed by atoms with Crippen molar-refractivity contribution in [3.8, 4) is 0 Å². The fraction of sp³-hybridized carbons (Fsp3) is 0.286. The van der Waals surface area contributed by atoms with E-state index in [4.69, 9.17) is 4.74 Å². The number of halogens is 1. The number of hydrogen-bond acceptors (Lipinski definition) is 5. The highest BCUT2D eigenvalue weighted by Gasteiger charge is 2.05. The number of hydrogen-bond donors (Lipinski definition) is 2. The highest BCUT2D eigenvalue weighted by molar-refractivity contribution is 5.59. The monoisotopic (exact) mass is 276 g/mol. The van der Waals surface area contributed by atoms with Crippen molar-refractivity contribution in [2.24, 2.45) is 0 Å². The summed E-state index contributed by atoms with van der Waals surface area (Å²) in [6, 6.07) is 7.96. The lowest BCUT2D eigenvalue weighted by Crippen LogP contribution is -2.05. The van der Waals surface area contributed by atoms with E-state index in [1.807, 2.05) is 6.92 Å². The van der Waals surface area contributed by atoms with Crippen molar-refractivity contribution < 1.29 is 9.13 Å². The predicted molar refractivity (Wildman–Crippen MR) is 76.6 cm³/mol.